The molecule has 0 aliphatic carbocycles. The Morgan fingerprint density at radius 1 is 0.719 bits per heavy atom. The molecule has 6 heteroatoms. The van der Waals surface area contributed by atoms with Crippen molar-refractivity contribution >= 4 is 34.4 Å². The first-order valence-electron chi connectivity index (χ1n) is 10.7. The minimum absolute atomic E-state index is 0.180. The molecule has 160 valence electrons. The van der Waals surface area contributed by atoms with E-state index >= 15 is 0 Å². The second-order valence-corrected chi connectivity index (χ2v) is 7.90. The molecule has 2 heterocycles. The number of amides is 2. The maximum Gasteiger partial charge on any atom is 0.282 e. The van der Waals surface area contributed by atoms with Crippen LogP contribution in [0.5, 0.6) is 0 Å². The van der Waals surface area contributed by atoms with Gasteiger partial charge in [0.1, 0.15) is 11.5 Å². The standard InChI is InChI=1S/C26H22FN3O2/c27-19-10-8-18(9-11-19)23-24(26(32)30(25(23)31)22-6-2-1-3-7-22)28-20-12-14-21(15-13-20)29-16-4-5-17-29/h1-3,6-15,28H,4-5,16-17H2. The highest BCUT2D eigenvalue weighted by Crippen LogP contribution is 2.34. The molecule has 0 unspecified atom stereocenters. The number of rotatable bonds is 5. The smallest absolute Gasteiger partial charge is 0.282 e. The van der Waals surface area contributed by atoms with Gasteiger partial charge >= 0.3 is 0 Å². The van der Waals surface area contributed by atoms with Crippen molar-refractivity contribution in [3.63, 3.8) is 0 Å². The highest BCUT2D eigenvalue weighted by molar-refractivity contribution is 6.46. The van der Waals surface area contributed by atoms with E-state index in [-0.39, 0.29) is 11.3 Å². The Labute approximate surface area is 185 Å². The third-order valence-corrected chi connectivity index (χ3v) is 5.84. The normalized spacial score (nSPS) is 16.3. The van der Waals surface area contributed by atoms with Crippen molar-refractivity contribution < 1.29 is 14.0 Å². The molecule has 0 spiro atoms. The minimum atomic E-state index is -0.441. The predicted molar refractivity (Wildman–Crippen MR) is 124 cm³/mol. The SMILES string of the molecule is O=C1C(Nc2ccc(N3CCCC3)cc2)=C(c2ccc(F)cc2)C(=O)N1c1ccccc1. The molecule has 0 aromatic heterocycles. The van der Waals surface area contributed by atoms with Gasteiger partial charge in [0, 0.05) is 24.5 Å². The van der Waals surface area contributed by atoms with Crippen LogP contribution < -0.4 is 15.1 Å². The van der Waals surface area contributed by atoms with E-state index in [0.29, 0.717) is 16.9 Å². The summed E-state index contributed by atoms with van der Waals surface area (Å²) in [4.78, 5) is 30.2. The van der Waals surface area contributed by atoms with Crippen LogP contribution in [0, 0.1) is 5.82 Å². The van der Waals surface area contributed by atoms with Gasteiger partial charge in [0.05, 0.1) is 11.3 Å². The molecule has 1 fully saturated rings. The maximum absolute atomic E-state index is 13.5. The lowest BCUT2D eigenvalue weighted by atomic mass is 10.0. The van der Waals surface area contributed by atoms with Crippen LogP contribution >= 0.6 is 0 Å². The third-order valence-electron chi connectivity index (χ3n) is 5.84. The van der Waals surface area contributed by atoms with Crippen molar-refractivity contribution in [1.29, 1.82) is 0 Å². The van der Waals surface area contributed by atoms with Crippen molar-refractivity contribution in [2.24, 2.45) is 0 Å². The average Bonchev–Trinajstić information content (AvgIpc) is 3.43. The van der Waals surface area contributed by atoms with Gasteiger partial charge in [0.15, 0.2) is 0 Å². The van der Waals surface area contributed by atoms with E-state index in [4.69, 9.17) is 0 Å². The van der Waals surface area contributed by atoms with E-state index in [0.717, 1.165) is 23.7 Å². The largest absolute Gasteiger partial charge is 0.372 e. The number of nitrogens with one attached hydrogen (secondary N) is 1. The Kier molecular flexibility index (Phi) is 5.19. The molecular formula is C26H22FN3O2. The molecule has 2 amide bonds. The highest BCUT2D eigenvalue weighted by atomic mass is 19.1. The summed E-state index contributed by atoms with van der Waals surface area (Å²) in [5, 5.41) is 3.16. The fourth-order valence-corrected chi connectivity index (χ4v) is 4.22. The molecule has 5 nitrogen and oxygen atoms in total. The molecule has 1 saturated heterocycles. The van der Waals surface area contributed by atoms with Crippen LogP contribution in [0.3, 0.4) is 0 Å². The predicted octanol–water partition coefficient (Wildman–Crippen LogP) is 4.82. The summed E-state index contributed by atoms with van der Waals surface area (Å²) < 4.78 is 13.5. The number of para-hydroxylation sites is 1. The van der Waals surface area contributed by atoms with Gasteiger partial charge in [-0.25, -0.2) is 9.29 Å². The number of halogens is 1. The zero-order chi connectivity index (χ0) is 22.1. The zero-order valence-corrected chi connectivity index (χ0v) is 17.4. The maximum atomic E-state index is 13.5. The van der Waals surface area contributed by atoms with E-state index in [1.807, 2.05) is 30.3 Å². The van der Waals surface area contributed by atoms with Crippen LogP contribution in [-0.4, -0.2) is 24.9 Å². The summed E-state index contributed by atoms with van der Waals surface area (Å²) in [7, 11) is 0. The number of carbonyl (C=O) groups is 2. The Bertz CT molecular complexity index is 1180. The van der Waals surface area contributed by atoms with Crippen LogP contribution in [0.4, 0.5) is 21.5 Å². The Morgan fingerprint density at radius 2 is 1.38 bits per heavy atom. The monoisotopic (exact) mass is 427 g/mol. The molecule has 0 radical (unpaired) electrons. The average molecular weight is 427 g/mol. The lowest BCUT2D eigenvalue weighted by molar-refractivity contribution is -0.120. The quantitative estimate of drug-likeness (QED) is 0.593. The number of anilines is 3. The first-order chi connectivity index (χ1) is 15.6. The molecule has 2 aliphatic heterocycles. The van der Waals surface area contributed by atoms with Crippen LogP contribution in [-0.2, 0) is 9.59 Å². The number of hydrogen-bond acceptors (Lipinski definition) is 4. The number of carbonyl (C=O) groups excluding carboxylic acids is 2. The first kappa shape index (κ1) is 20.0. The van der Waals surface area contributed by atoms with Gasteiger partial charge in [-0.3, -0.25) is 9.59 Å². The van der Waals surface area contributed by atoms with Crippen molar-refractivity contribution in [1.82, 2.24) is 0 Å². The van der Waals surface area contributed by atoms with Gasteiger partial charge in [0.25, 0.3) is 11.8 Å². The molecular weight excluding hydrogens is 405 g/mol. The van der Waals surface area contributed by atoms with Gasteiger partial charge in [-0.05, 0) is 66.9 Å². The van der Waals surface area contributed by atoms with Gasteiger partial charge in [-0.2, -0.15) is 0 Å². The number of nitrogens with zero attached hydrogens (tertiary/aromatic N) is 2. The van der Waals surface area contributed by atoms with Gasteiger partial charge in [0.2, 0.25) is 0 Å². The van der Waals surface area contributed by atoms with Crippen molar-refractivity contribution in [2.45, 2.75) is 12.8 Å². The molecule has 3 aromatic carbocycles. The van der Waals surface area contributed by atoms with Crippen LogP contribution in [0.1, 0.15) is 18.4 Å². The number of hydrogen-bond donors (Lipinski definition) is 1. The van der Waals surface area contributed by atoms with E-state index in [9.17, 15) is 14.0 Å². The van der Waals surface area contributed by atoms with Gasteiger partial charge in [-0.1, -0.05) is 30.3 Å². The Balaban J connectivity index is 1.51. The van der Waals surface area contributed by atoms with Crippen LogP contribution in [0.15, 0.2) is 84.6 Å². The second kappa shape index (κ2) is 8.30. The summed E-state index contributed by atoms with van der Waals surface area (Å²) in [6.07, 6.45) is 2.39. The first-order valence-corrected chi connectivity index (χ1v) is 10.7. The Morgan fingerprint density at radius 3 is 2.03 bits per heavy atom. The van der Waals surface area contributed by atoms with Crippen LogP contribution in [0.25, 0.3) is 5.57 Å². The molecule has 0 saturated carbocycles. The summed E-state index contributed by atoms with van der Waals surface area (Å²) in [6.45, 7) is 2.09. The third kappa shape index (κ3) is 3.64. The molecule has 0 bridgehead atoms. The lowest BCUT2D eigenvalue weighted by Gasteiger charge is -2.18. The number of imide groups is 1. The Hall–Kier alpha value is -3.93. The molecule has 2 aliphatic rings. The summed E-state index contributed by atoms with van der Waals surface area (Å²) in [5.74, 6) is -1.29. The van der Waals surface area contributed by atoms with Gasteiger partial charge in [-0.15, -0.1) is 0 Å². The molecule has 0 atom stereocenters. The topological polar surface area (TPSA) is 52.7 Å². The minimum Gasteiger partial charge on any atom is -0.372 e. The van der Waals surface area contributed by atoms with Crippen molar-refractivity contribution in [3.05, 3.63) is 95.9 Å². The summed E-state index contributed by atoms with van der Waals surface area (Å²) in [6, 6.07) is 22.3. The molecule has 3 aromatic rings. The molecule has 1 N–H and O–H groups in total. The lowest BCUT2D eigenvalue weighted by Crippen LogP contribution is -2.32. The zero-order valence-electron chi connectivity index (χ0n) is 17.4. The second-order valence-electron chi connectivity index (χ2n) is 7.90. The fraction of sp³-hybridized carbons (Fsp3) is 0.154. The molecule has 5 rings (SSSR count). The summed E-state index contributed by atoms with van der Waals surface area (Å²) in [5.41, 5.74) is 3.23. The van der Waals surface area contributed by atoms with E-state index in [2.05, 4.69) is 10.2 Å². The fourth-order valence-electron chi connectivity index (χ4n) is 4.22. The molecule has 32 heavy (non-hydrogen) atoms. The van der Waals surface area contributed by atoms with E-state index in [1.165, 1.54) is 37.1 Å². The van der Waals surface area contributed by atoms with E-state index in [1.54, 1.807) is 24.3 Å². The van der Waals surface area contributed by atoms with Crippen molar-refractivity contribution in [2.75, 3.05) is 28.2 Å². The van der Waals surface area contributed by atoms with Crippen molar-refractivity contribution in [3.8, 4) is 0 Å². The highest BCUT2D eigenvalue weighted by Gasteiger charge is 2.40. The van der Waals surface area contributed by atoms with Crippen LogP contribution in [0.2, 0.25) is 0 Å². The van der Waals surface area contributed by atoms with E-state index < -0.39 is 17.6 Å². The number of benzene rings is 3. The van der Waals surface area contributed by atoms with Gasteiger partial charge < -0.3 is 10.2 Å². The summed E-state index contributed by atoms with van der Waals surface area (Å²) >= 11 is 0.